The standard InChI is InChI=1S/C18H25NO2/c1-14-7-8-16(15(2)13-14)9-10-18(21)19-11-3-5-17(19)6-4-12-20/h7-10,13,17,20H,3-6,11-12H2,1-2H3. The minimum absolute atomic E-state index is 0.0930. The van der Waals surface area contributed by atoms with Crippen molar-refractivity contribution in [2.24, 2.45) is 0 Å². The molecule has 0 spiro atoms. The first kappa shape index (κ1) is 15.8. The summed E-state index contributed by atoms with van der Waals surface area (Å²) in [5, 5.41) is 8.94. The first-order valence-electron chi connectivity index (χ1n) is 7.78. The molecule has 1 amide bonds. The van der Waals surface area contributed by atoms with Crippen molar-refractivity contribution in [3.05, 3.63) is 41.0 Å². The second-order valence-corrected chi connectivity index (χ2v) is 5.89. The van der Waals surface area contributed by atoms with E-state index in [2.05, 4.69) is 32.0 Å². The number of hydrogen-bond acceptors (Lipinski definition) is 2. The molecule has 1 N–H and O–H groups in total. The van der Waals surface area contributed by atoms with E-state index in [1.807, 2.05) is 11.0 Å². The van der Waals surface area contributed by atoms with E-state index in [1.54, 1.807) is 6.08 Å². The second kappa shape index (κ2) is 7.41. The zero-order valence-electron chi connectivity index (χ0n) is 13.0. The van der Waals surface area contributed by atoms with Crippen LogP contribution in [-0.2, 0) is 4.79 Å². The van der Waals surface area contributed by atoms with E-state index < -0.39 is 0 Å². The number of aryl methyl sites for hydroxylation is 2. The van der Waals surface area contributed by atoms with Gasteiger partial charge in [0.2, 0.25) is 5.91 Å². The summed E-state index contributed by atoms with van der Waals surface area (Å²) < 4.78 is 0. The summed E-state index contributed by atoms with van der Waals surface area (Å²) in [5.41, 5.74) is 3.52. The summed E-state index contributed by atoms with van der Waals surface area (Å²) in [6, 6.07) is 6.55. The minimum Gasteiger partial charge on any atom is -0.396 e. The summed E-state index contributed by atoms with van der Waals surface area (Å²) in [5.74, 6) is 0.0930. The molecular weight excluding hydrogens is 262 g/mol. The van der Waals surface area contributed by atoms with E-state index in [1.165, 1.54) is 11.1 Å². The predicted molar refractivity (Wildman–Crippen MR) is 86.0 cm³/mol. The van der Waals surface area contributed by atoms with Crippen molar-refractivity contribution in [2.45, 2.75) is 45.6 Å². The molecule has 21 heavy (non-hydrogen) atoms. The number of nitrogens with zero attached hydrogens (tertiary/aromatic N) is 1. The van der Waals surface area contributed by atoms with E-state index in [0.29, 0.717) is 6.04 Å². The highest BCUT2D eigenvalue weighted by atomic mass is 16.3. The number of rotatable bonds is 5. The maximum Gasteiger partial charge on any atom is 0.246 e. The lowest BCUT2D eigenvalue weighted by Crippen LogP contribution is -2.34. The quantitative estimate of drug-likeness (QED) is 0.845. The summed E-state index contributed by atoms with van der Waals surface area (Å²) in [7, 11) is 0. The van der Waals surface area contributed by atoms with E-state index in [9.17, 15) is 4.79 Å². The maximum atomic E-state index is 12.3. The van der Waals surface area contributed by atoms with E-state index >= 15 is 0 Å². The third kappa shape index (κ3) is 4.18. The van der Waals surface area contributed by atoms with Gasteiger partial charge in [0.15, 0.2) is 0 Å². The molecule has 0 saturated carbocycles. The van der Waals surface area contributed by atoms with Gasteiger partial charge in [-0.2, -0.15) is 0 Å². The first-order chi connectivity index (χ1) is 10.1. The smallest absolute Gasteiger partial charge is 0.246 e. The SMILES string of the molecule is Cc1ccc(C=CC(=O)N2CCCC2CCCO)c(C)c1. The molecule has 1 aliphatic heterocycles. The van der Waals surface area contributed by atoms with Gasteiger partial charge < -0.3 is 10.0 Å². The Morgan fingerprint density at radius 2 is 2.24 bits per heavy atom. The van der Waals surface area contributed by atoms with Crippen molar-refractivity contribution in [2.75, 3.05) is 13.2 Å². The first-order valence-corrected chi connectivity index (χ1v) is 7.78. The van der Waals surface area contributed by atoms with Gasteiger partial charge in [-0.15, -0.1) is 0 Å². The van der Waals surface area contributed by atoms with Gasteiger partial charge in [0.05, 0.1) is 0 Å². The molecular formula is C18H25NO2. The Hall–Kier alpha value is -1.61. The van der Waals surface area contributed by atoms with Crippen molar-refractivity contribution in [3.63, 3.8) is 0 Å². The molecule has 1 aromatic rings. The Labute approximate surface area is 127 Å². The molecule has 3 heteroatoms. The minimum atomic E-state index is 0.0930. The number of amides is 1. The van der Waals surface area contributed by atoms with E-state index in [0.717, 1.165) is 37.8 Å². The van der Waals surface area contributed by atoms with Crippen LogP contribution in [0.5, 0.6) is 0 Å². The van der Waals surface area contributed by atoms with Crippen LogP contribution < -0.4 is 0 Å². The largest absolute Gasteiger partial charge is 0.396 e. The normalized spacial score (nSPS) is 18.6. The average molecular weight is 287 g/mol. The molecule has 1 aromatic carbocycles. The Morgan fingerprint density at radius 3 is 2.95 bits per heavy atom. The molecule has 0 radical (unpaired) electrons. The number of carbonyl (C=O) groups is 1. The van der Waals surface area contributed by atoms with Crippen LogP contribution in [-0.4, -0.2) is 35.1 Å². The van der Waals surface area contributed by atoms with Crippen LogP contribution in [0.25, 0.3) is 6.08 Å². The summed E-state index contributed by atoms with van der Waals surface area (Å²) >= 11 is 0. The van der Waals surface area contributed by atoms with Crippen molar-refractivity contribution in [1.29, 1.82) is 0 Å². The van der Waals surface area contributed by atoms with Gasteiger partial charge in [0.25, 0.3) is 0 Å². The molecule has 1 fully saturated rings. The summed E-state index contributed by atoms with van der Waals surface area (Å²) in [6.45, 7) is 5.18. The molecule has 1 aliphatic rings. The van der Waals surface area contributed by atoms with Gasteiger partial charge in [-0.3, -0.25) is 4.79 Å². The third-order valence-electron chi connectivity index (χ3n) is 4.19. The van der Waals surface area contributed by atoms with Crippen LogP contribution >= 0.6 is 0 Å². The van der Waals surface area contributed by atoms with Crippen LogP contribution in [0.3, 0.4) is 0 Å². The molecule has 1 heterocycles. The topological polar surface area (TPSA) is 40.5 Å². The van der Waals surface area contributed by atoms with Crippen molar-refractivity contribution < 1.29 is 9.90 Å². The molecule has 1 unspecified atom stereocenters. The highest BCUT2D eigenvalue weighted by molar-refractivity contribution is 5.92. The van der Waals surface area contributed by atoms with Crippen LogP contribution in [0.15, 0.2) is 24.3 Å². The molecule has 1 saturated heterocycles. The van der Waals surface area contributed by atoms with Gasteiger partial charge in [0.1, 0.15) is 0 Å². The third-order valence-corrected chi connectivity index (χ3v) is 4.19. The lowest BCUT2D eigenvalue weighted by Gasteiger charge is -2.23. The maximum absolute atomic E-state index is 12.3. The molecule has 3 nitrogen and oxygen atoms in total. The fourth-order valence-corrected chi connectivity index (χ4v) is 3.02. The van der Waals surface area contributed by atoms with Gasteiger partial charge in [-0.25, -0.2) is 0 Å². The highest BCUT2D eigenvalue weighted by Gasteiger charge is 2.26. The average Bonchev–Trinajstić information content (AvgIpc) is 2.92. The van der Waals surface area contributed by atoms with Crippen LogP contribution in [0, 0.1) is 13.8 Å². The van der Waals surface area contributed by atoms with Gasteiger partial charge in [-0.1, -0.05) is 23.8 Å². The number of hydrogen-bond donors (Lipinski definition) is 1. The Bertz CT molecular complexity index is 522. The molecule has 0 aromatic heterocycles. The molecule has 2 rings (SSSR count). The molecule has 114 valence electrons. The zero-order valence-corrected chi connectivity index (χ0v) is 13.0. The van der Waals surface area contributed by atoms with Gasteiger partial charge in [0, 0.05) is 25.3 Å². The molecule has 1 atom stereocenters. The lowest BCUT2D eigenvalue weighted by molar-refractivity contribution is -0.126. The number of benzene rings is 1. The van der Waals surface area contributed by atoms with Crippen molar-refractivity contribution in [1.82, 2.24) is 4.90 Å². The van der Waals surface area contributed by atoms with Gasteiger partial charge >= 0.3 is 0 Å². The van der Waals surface area contributed by atoms with E-state index in [4.69, 9.17) is 5.11 Å². The van der Waals surface area contributed by atoms with Crippen molar-refractivity contribution >= 4 is 12.0 Å². The number of aliphatic hydroxyl groups excluding tert-OH is 1. The second-order valence-electron chi connectivity index (χ2n) is 5.89. The molecule has 0 aliphatic carbocycles. The van der Waals surface area contributed by atoms with Crippen LogP contribution in [0.1, 0.15) is 42.4 Å². The lowest BCUT2D eigenvalue weighted by atomic mass is 10.1. The van der Waals surface area contributed by atoms with Crippen molar-refractivity contribution in [3.8, 4) is 0 Å². The summed E-state index contributed by atoms with van der Waals surface area (Å²) in [6.07, 6.45) is 7.41. The summed E-state index contributed by atoms with van der Waals surface area (Å²) in [4.78, 5) is 14.3. The molecule has 0 bridgehead atoms. The monoisotopic (exact) mass is 287 g/mol. The Balaban J connectivity index is 2.01. The predicted octanol–water partition coefficient (Wildman–Crippen LogP) is 3.08. The zero-order chi connectivity index (χ0) is 15.2. The number of likely N-dealkylation sites (tertiary alicyclic amines) is 1. The number of aliphatic hydroxyl groups is 1. The highest BCUT2D eigenvalue weighted by Crippen LogP contribution is 2.22. The fourth-order valence-electron chi connectivity index (χ4n) is 3.02. The van der Waals surface area contributed by atoms with Gasteiger partial charge in [-0.05, 0) is 56.7 Å². The van der Waals surface area contributed by atoms with Crippen LogP contribution in [0.4, 0.5) is 0 Å². The van der Waals surface area contributed by atoms with E-state index in [-0.39, 0.29) is 12.5 Å². The fraction of sp³-hybridized carbons (Fsp3) is 0.500. The Morgan fingerprint density at radius 1 is 1.43 bits per heavy atom. The Kier molecular flexibility index (Phi) is 5.57. The number of carbonyl (C=O) groups excluding carboxylic acids is 1. The van der Waals surface area contributed by atoms with Crippen LogP contribution in [0.2, 0.25) is 0 Å².